The molecule has 220 valence electrons. The minimum Gasteiger partial charge on any atom is -0.493 e. The van der Waals surface area contributed by atoms with Gasteiger partial charge in [-0.3, -0.25) is 4.79 Å². The number of ether oxygens (including phenoxy) is 4. The molecule has 0 radical (unpaired) electrons. The van der Waals surface area contributed by atoms with Gasteiger partial charge in [0.05, 0.1) is 26.4 Å². The fourth-order valence-corrected chi connectivity index (χ4v) is 5.10. The van der Waals surface area contributed by atoms with Crippen molar-refractivity contribution >= 4 is 11.6 Å². The van der Waals surface area contributed by atoms with E-state index in [9.17, 15) is 4.79 Å². The van der Waals surface area contributed by atoms with E-state index in [-0.39, 0.29) is 24.0 Å². The SMILES string of the molecule is COCCCOc1cc(C(=O)N(C[C@@H]2CNC[C@H]2OCc2cccc(-c3cccc(N)c3)c2)C(C)C)ccc1OC. The number of hydrogen-bond donors (Lipinski definition) is 2. The first-order valence-electron chi connectivity index (χ1n) is 14.3. The minimum atomic E-state index is -0.0371. The van der Waals surface area contributed by atoms with Crippen LogP contribution < -0.4 is 20.5 Å². The second-order valence-corrected chi connectivity index (χ2v) is 10.7. The number of rotatable bonds is 14. The quantitative estimate of drug-likeness (QED) is 0.211. The van der Waals surface area contributed by atoms with E-state index in [4.69, 9.17) is 24.7 Å². The van der Waals surface area contributed by atoms with Gasteiger partial charge in [0.15, 0.2) is 11.5 Å². The Morgan fingerprint density at radius 1 is 0.976 bits per heavy atom. The molecule has 3 N–H and O–H groups in total. The van der Waals surface area contributed by atoms with Gasteiger partial charge in [-0.15, -0.1) is 0 Å². The maximum Gasteiger partial charge on any atom is 0.254 e. The molecular formula is C33H43N3O5. The van der Waals surface area contributed by atoms with Crippen LogP contribution in [-0.4, -0.2) is 70.0 Å². The number of carbonyl (C=O) groups excluding carboxylic acids is 1. The van der Waals surface area contributed by atoms with Crippen molar-refractivity contribution in [3.05, 3.63) is 77.9 Å². The highest BCUT2D eigenvalue weighted by molar-refractivity contribution is 5.95. The Bertz CT molecular complexity index is 1280. The zero-order valence-corrected chi connectivity index (χ0v) is 24.6. The zero-order chi connectivity index (χ0) is 29.2. The molecule has 4 rings (SSSR count). The van der Waals surface area contributed by atoms with Crippen LogP contribution in [0, 0.1) is 5.92 Å². The molecule has 8 heteroatoms. The first kappa shape index (κ1) is 30.4. The molecule has 3 aromatic carbocycles. The second-order valence-electron chi connectivity index (χ2n) is 10.7. The predicted molar refractivity (Wildman–Crippen MR) is 162 cm³/mol. The van der Waals surface area contributed by atoms with Gasteiger partial charge < -0.3 is 34.9 Å². The lowest BCUT2D eigenvalue weighted by atomic mass is 10.0. The van der Waals surface area contributed by atoms with Crippen molar-refractivity contribution in [2.45, 2.75) is 39.0 Å². The number of anilines is 1. The number of nitrogens with one attached hydrogen (secondary N) is 1. The zero-order valence-electron chi connectivity index (χ0n) is 24.6. The summed E-state index contributed by atoms with van der Waals surface area (Å²) in [6, 6.07) is 21.6. The summed E-state index contributed by atoms with van der Waals surface area (Å²) in [4.78, 5) is 15.6. The normalized spacial score (nSPS) is 16.6. The summed E-state index contributed by atoms with van der Waals surface area (Å²) in [5.41, 5.74) is 10.6. The van der Waals surface area contributed by atoms with E-state index in [0.29, 0.717) is 43.4 Å². The van der Waals surface area contributed by atoms with Crippen molar-refractivity contribution < 1.29 is 23.7 Å². The summed E-state index contributed by atoms with van der Waals surface area (Å²) in [6.07, 6.45) is 0.743. The van der Waals surface area contributed by atoms with E-state index < -0.39 is 0 Å². The van der Waals surface area contributed by atoms with Crippen LogP contribution in [0.2, 0.25) is 0 Å². The molecule has 0 aliphatic carbocycles. The highest BCUT2D eigenvalue weighted by atomic mass is 16.5. The highest BCUT2D eigenvalue weighted by Crippen LogP contribution is 2.30. The molecule has 0 bridgehead atoms. The van der Waals surface area contributed by atoms with E-state index in [0.717, 1.165) is 41.9 Å². The van der Waals surface area contributed by atoms with Gasteiger partial charge in [0.2, 0.25) is 0 Å². The molecule has 1 aliphatic heterocycles. The average Bonchev–Trinajstić information content (AvgIpc) is 3.43. The minimum absolute atomic E-state index is 0.00405. The van der Waals surface area contributed by atoms with Crippen LogP contribution in [-0.2, 0) is 16.1 Å². The molecule has 1 saturated heterocycles. The third-order valence-electron chi connectivity index (χ3n) is 7.37. The molecule has 1 heterocycles. The van der Waals surface area contributed by atoms with Crippen LogP contribution in [0.4, 0.5) is 5.69 Å². The summed E-state index contributed by atoms with van der Waals surface area (Å²) in [5, 5.41) is 3.46. The first-order valence-corrected chi connectivity index (χ1v) is 14.3. The van der Waals surface area contributed by atoms with E-state index in [1.54, 1.807) is 32.4 Å². The van der Waals surface area contributed by atoms with E-state index >= 15 is 0 Å². The highest BCUT2D eigenvalue weighted by Gasteiger charge is 2.32. The molecular weight excluding hydrogens is 518 g/mol. The number of carbonyl (C=O) groups is 1. The van der Waals surface area contributed by atoms with Gasteiger partial charge in [0, 0.05) is 63.0 Å². The van der Waals surface area contributed by atoms with Gasteiger partial charge >= 0.3 is 0 Å². The lowest BCUT2D eigenvalue weighted by Gasteiger charge is -2.31. The Labute approximate surface area is 243 Å². The lowest BCUT2D eigenvalue weighted by Crippen LogP contribution is -2.43. The summed E-state index contributed by atoms with van der Waals surface area (Å²) >= 11 is 0. The fourth-order valence-electron chi connectivity index (χ4n) is 5.10. The third-order valence-corrected chi connectivity index (χ3v) is 7.37. The van der Waals surface area contributed by atoms with Crippen LogP contribution >= 0.6 is 0 Å². The molecule has 1 fully saturated rings. The molecule has 0 spiro atoms. The van der Waals surface area contributed by atoms with E-state index in [1.165, 1.54) is 0 Å². The predicted octanol–water partition coefficient (Wildman–Crippen LogP) is 5.02. The molecule has 0 unspecified atom stereocenters. The molecule has 1 aliphatic rings. The Kier molecular flexibility index (Phi) is 11.0. The lowest BCUT2D eigenvalue weighted by molar-refractivity contribution is 0.0129. The van der Waals surface area contributed by atoms with Crippen LogP contribution in [0.5, 0.6) is 11.5 Å². The number of nitrogens with zero attached hydrogens (tertiary/aromatic N) is 1. The third kappa shape index (κ3) is 8.22. The first-order chi connectivity index (χ1) is 19.9. The molecule has 8 nitrogen and oxygen atoms in total. The van der Waals surface area contributed by atoms with Crippen molar-refractivity contribution in [2.75, 3.05) is 52.8 Å². The van der Waals surface area contributed by atoms with E-state index in [2.05, 4.69) is 29.6 Å². The van der Waals surface area contributed by atoms with Crippen molar-refractivity contribution in [3.8, 4) is 22.6 Å². The Morgan fingerprint density at radius 2 is 1.76 bits per heavy atom. The fraction of sp³-hybridized carbons (Fsp3) is 0.424. The number of amides is 1. The standard InChI is InChI=1S/C33H43N3O5/c1-23(2)36(33(37)27-12-13-30(39-4)31(18-27)40-15-7-14-38-3)21-28-19-35-20-32(28)41-22-24-8-5-9-25(16-24)26-10-6-11-29(34)17-26/h5-6,8-13,16-18,23,28,32,35H,7,14-15,19-22,34H2,1-4H3/t28-,32+/m0/s1. The van der Waals surface area contributed by atoms with Crippen LogP contribution in [0.25, 0.3) is 11.1 Å². The number of nitrogens with two attached hydrogens (primary N) is 1. The molecule has 41 heavy (non-hydrogen) atoms. The van der Waals surface area contributed by atoms with Crippen molar-refractivity contribution in [1.29, 1.82) is 0 Å². The largest absolute Gasteiger partial charge is 0.493 e. The van der Waals surface area contributed by atoms with Crippen LogP contribution in [0.15, 0.2) is 66.7 Å². The van der Waals surface area contributed by atoms with Crippen LogP contribution in [0.3, 0.4) is 0 Å². The van der Waals surface area contributed by atoms with Gasteiger partial charge in [-0.1, -0.05) is 30.3 Å². The smallest absolute Gasteiger partial charge is 0.254 e. The Hall–Kier alpha value is -3.59. The Balaban J connectivity index is 1.41. The van der Waals surface area contributed by atoms with Gasteiger partial charge in [-0.05, 0) is 66.9 Å². The number of methoxy groups -OCH3 is 2. The second kappa shape index (κ2) is 14.9. The maximum absolute atomic E-state index is 13.7. The average molecular weight is 562 g/mol. The van der Waals surface area contributed by atoms with Crippen LogP contribution in [0.1, 0.15) is 36.2 Å². The van der Waals surface area contributed by atoms with Crippen molar-refractivity contribution in [1.82, 2.24) is 10.2 Å². The van der Waals surface area contributed by atoms with Gasteiger partial charge in [-0.25, -0.2) is 0 Å². The van der Waals surface area contributed by atoms with Crippen molar-refractivity contribution in [2.24, 2.45) is 5.92 Å². The summed E-state index contributed by atoms with van der Waals surface area (Å²) in [6.45, 7) is 7.81. The Morgan fingerprint density at radius 3 is 2.49 bits per heavy atom. The number of nitrogen functional groups attached to an aromatic ring is 1. The maximum atomic E-state index is 13.7. The monoisotopic (exact) mass is 561 g/mol. The number of benzene rings is 3. The van der Waals surface area contributed by atoms with E-state index in [1.807, 2.05) is 43.0 Å². The van der Waals surface area contributed by atoms with Gasteiger partial charge in [-0.2, -0.15) is 0 Å². The molecule has 2 atom stereocenters. The summed E-state index contributed by atoms with van der Waals surface area (Å²) < 4.78 is 22.9. The molecule has 1 amide bonds. The molecule has 3 aromatic rings. The van der Waals surface area contributed by atoms with Crippen molar-refractivity contribution in [3.63, 3.8) is 0 Å². The van der Waals surface area contributed by atoms with Gasteiger partial charge in [0.25, 0.3) is 5.91 Å². The molecule has 0 saturated carbocycles. The summed E-state index contributed by atoms with van der Waals surface area (Å²) in [5.74, 6) is 1.29. The van der Waals surface area contributed by atoms with Gasteiger partial charge in [0.1, 0.15) is 0 Å². The number of hydrogen-bond acceptors (Lipinski definition) is 7. The molecule has 0 aromatic heterocycles. The topological polar surface area (TPSA) is 95.3 Å². The summed E-state index contributed by atoms with van der Waals surface area (Å²) in [7, 11) is 3.26.